The molecule has 1 aromatic heterocycles. The molecule has 0 radical (unpaired) electrons. The van der Waals surface area contributed by atoms with Gasteiger partial charge in [0, 0.05) is 23.3 Å². The van der Waals surface area contributed by atoms with Crippen molar-refractivity contribution in [3.05, 3.63) is 93.4 Å². The summed E-state index contributed by atoms with van der Waals surface area (Å²) in [5, 5.41) is 26.1. The average molecular weight is 444 g/mol. The topological polar surface area (TPSA) is 116 Å². The number of rotatable bonds is 6. The highest BCUT2D eigenvalue weighted by Gasteiger charge is 2.22. The number of aromatic nitrogens is 1. The zero-order valence-corrected chi connectivity index (χ0v) is 18.2. The summed E-state index contributed by atoms with van der Waals surface area (Å²) in [6.07, 6.45) is 0. The predicted molar refractivity (Wildman–Crippen MR) is 122 cm³/mol. The fraction of sp³-hybridized carbons (Fsp3) is 0.120. The smallest absolute Gasteiger partial charge is 0.270 e. The highest BCUT2D eigenvalue weighted by molar-refractivity contribution is 6.12. The van der Waals surface area contributed by atoms with Crippen LogP contribution >= 0.6 is 0 Å². The lowest BCUT2D eigenvalue weighted by molar-refractivity contribution is -0.384. The summed E-state index contributed by atoms with van der Waals surface area (Å²) in [5.74, 6) is 0.265. The van der Waals surface area contributed by atoms with Crippen LogP contribution in [0.15, 0.2) is 65.2 Å². The van der Waals surface area contributed by atoms with E-state index in [1.54, 1.807) is 36.4 Å². The molecule has 0 saturated carbocycles. The summed E-state index contributed by atoms with van der Waals surface area (Å²) < 4.78 is 10.6. The molecule has 0 aliphatic rings. The molecule has 1 heterocycles. The normalized spacial score (nSPS) is 10.8. The zero-order chi connectivity index (χ0) is 23.7. The maximum Gasteiger partial charge on any atom is 0.270 e. The van der Waals surface area contributed by atoms with Crippen molar-refractivity contribution < 1.29 is 24.1 Å². The van der Waals surface area contributed by atoms with Crippen molar-refractivity contribution in [2.75, 3.05) is 7.11 Å². The van der Waals surface area contributed by atoms with Crippen LogP contribution in [0.3, 0.4) is 0 Å². The highest BCUT2D eigenvalue weighted by atomic mass is 16.6. The van der Waals surface area contributed by atoms with Crippen LogP contribution in [0, 0.1) is 24.0 Å². The van der Waals surface area contributed by atoms with Crippen molar-refractivity contribution >= 4 is 11.5 Å². The van der Waals surface area contributed by atoms with E-state index in [9.17, 15) is 20.0 Å². The monoisotopic (exact) mass is 444 g/mol. The lowest BCUT2D eigenvalue weighted by Crippen LogP contribution is -2.03. The van der Waals surface area contributed by atoms with Crippen LogP contribution in [0.5, 0.6) is 11.5 Å². The molecular weight excluding hydrogens is 424 g/mol. The molecule has 0 saturated heterocycles. The second-order valence-corrected chi connectivity index (χ2v) is 7.45. The molecule has 0 atom stereocenters. The van der Waals surface area contributed by atoms with Gasteiger partial charge >= 0.3 is 0 Å². The van der Waals surface area contributed by atoms with E-state index in [0.29, 0.717) is 22.6 Å². The van der Waals surface area contributed by atoms with E-state index in [1.807, 2.05) is 13.8 Å². The molecule has 3 aromatic carbocycles. The van der Waals surface area contributed by atoms with Gasteiger partial charge in [-0.3, -0.25) is 14.9 Å². The lowest BCUT2D eigenvalue weighted by Gasteiger charge is -2.14. The van der Waals surface area contributed by atoms with E-state index < -0.39 is 10.7 Å². The third-order valence-electron chi connectivity index (χ3n) is 5.42. The maximum atomic E-state index is 13.2. The standard InChI is InChI=1S/C25H20N2O6/c1-14-22(15(2)33-26-14)16-7-9-17(10-8-16)24(28)20-11-12-21(32-3)23(25(20)29)18-5-4-6-19(13-18)27(30)31/h4-13,29H,1-3H3. The highest BCUT2D eigenvalue weighted by Crippen LogP contribution is 2.41. The van der Waals surface area contributed by atoms with Crippen LogP contribution in [0.2, 0.25) is 0 Å². The number of ketones is 1. The largest absolute Gasteiger partial charge is 0.506 e. The van der Waals surface area contributed by atoms with Crippen molar-refractivity contribution in [2.45, 2.75) is 13.8 Å². The van der Waals surface area contributed by atoms with Gasteiger partial charge in [-0.2, -0.15) is 0 Å². The Morgan fingerprint density at radius 1 is 1.03 bits per heavy atom. The molecule has 0 amide bonds. The Labute approximate surface area is 189 Å². The Bertz CT molecular complexity index is 1350. The minimum atomic E-state index is -0.525. The van der Waals surface area contributed by atoms with Gasteiger partial charge in [-0.15, -0.1) is 0 Å². The SMILES string of the molecule is COc1ccc(C(=O)c2ccc(-c3c(C)noc3C)cc2)c(O)c1-c1cccc([N+](=O)[O-])c1. The number of carbonyl (C=O) groups excluding carboxylic acids is 1. The average Bonchev–Trinajstić information content (AvgIpc) is 3.16. The Morgan fingerprint density at radius 2 is 1.76 bits per heavy atom. The molecule has 0 unspecified atom stereocenters. The second-order valence-electron chi connectivity index (χ2n) is 7.45. The molecule has 0 spiro atoms. The van der Waals surface area contributed by atoms with Crippen molar-refractivity contribution in [2.24, 2.45) is 0 Å². The van der Waals surface area contributed by atoms with Gasteiger partial charge in [0.05, 0.1) is 28.9 Å². The van der Waals surface area contributed by atoms with E-state index in [-0.39, 0.29) is 22.6 Å². The zero-order valence-electron chi connectivity index (χ0n) is 18.2. The van der Waals surface area contributed by atoms with E-state index in [0.717, 1.165) is 16.8 Å². The number of phenolic OH excluding ortho intramolecular Hbond substituents is 1. The molecule has 8 heteroatoms. The van der Waals surface area contributed by atoms with Crippen LogP contribution < -0.4 is 4.74 Å². The number of carbonyl (C=O) groups is 1. The first-order chi connectivity index (χ1) is 15.8. The Morgan fingerprint density at radius 3 is 2.36 bits per heavy atom. The van der Waals surface area contributed by atoms with Crippen LogP contribution in [0.4, 0.5) is 5.69 Å². The number of methoxy groups -OCH3 is 1. The van der Waals surface area contributed by atoms with Gasteiger partial charge in [0.15, 0.2) is 5.78 Å². The summed E-state index contributed by atoms with van der Waals surface area (Å²) in [6, 6.07) is 15.7. The van der Waals surface area contributed by atoms with E-state index in [1.165, 1.54) is 31.4 Å². The van der Waals surface area contributed by atoms with Crippen LogP contribution in [-0.2, 0) is 0 Å². The molecule has 0 aliphatic carbocycles. The number of phenols is 1. The quantitative estimate of drug-likeness (QED) is 0.238. The third-order valence-corrected chi connectivity index (χ3v) is 5.42. The number of ether oxygens (including phenoxy) is 1. The van der Waals surface area contributed by atoms with Crippen LogP contribution in [-0.4, -0.2) is 28.1 Å². The summed E-state index contributed by atoms with van der Waals surface area (Å²) in [4.78, 5) is 23.9. The number of nitro benzene ring substituents is 1. The molecule has 4 rings (SSSR count). The minimum absolute atomic E-state index is 0.0578. The van der Waals surface area contributed by atoms with Gasteiger partial charge in [0.25, 0.3) is 5.69 Å². The number of nitrogens with zero attached hydrogens (tertiary/aromatic N) is 2. The Balaban J connectivity index is 1.75. The van der Waals surface area contributed by atoms with Crippen molar-refractivity contribution in [1.29, 1.82) is 0 Å². The van der Waals surface area contributed by atoms with Gasteiger partial charge in [-0.1, -0.05) is 41.6 Å². The predicted octanol–water partition coefficient (Wildman–Crippen LogP) is 5.48. The van der Waals surface area contributed by atoms with Crippen LogP contribution in [0.25, 0.3) is 22.3 Å². The van der Waals surface area contributed by atoms with E-state index >= 15 is 0 Å². The molecule has 0 bridgehead atoms. The number of hydrogen-bond donors (Lipinski definition) is 1. The Kier molecular flexibility index (Phi) is 5.66. The first-order valence-electron chi connectivity index (χ1n) is 10.0. The molecule has 166 valence electrons. The Hall–Kier alpha value is -4.46. The molecule has 4 aromatic rings. The first kappa shape index (κ1) is 21.8. The second kappa shape index (κ2) is 8.58. The number of aromatic hydroxyl groups is 1. The number of benzene rings is 3. The fourth-order valence-corrected chi connectivity index (χ4v) is 3.82. The number of non-ortho nitro benzene ring substituents is 1. The fourth-order valence-electron chi connectivity index (χ4n) is 3.82. The van der Waals surface area contributed by atoms with Crippen molar-refractivity contribution in [3.8, 4) is 33.8 Å². The summed E-state index contributed by atoms with van der Waals surface area (Å²) in [7, 11) is 1.42. The molecule has 33 heavy (non-hydrogen) atoms. The lowest BCUT2D eigenvalue weighted by atomic mass is 9.94. The molecule has 1 N–H and O–H groups in total. The molecule has 0 fully saturated rings. The van der Waals surface area contributed by atoms with Crippen molar-refractivity contribution in [3.63, 3.8) is 0 Å². The van der Waals surface area contributed by atoms with E-state index in [4.69, 9.17) is 9.26 Å². The number of nitro groups is 1. The van der Waals surface area contributed by atoms with Gasteiger partial charge in [0.1, 0.15) is 17.3 Å². The third kappa shape index (κ3) is 3.94. The summed E-state index contributed by atoms with van der Waals surface area (Å²) in [6.45, 7) is 3.66. The van der Waals surface area contributed by atoms with Gasteiger partial charge in [0.2, 0.25) is 0 Å². The van der Waals surface area contributed by atoms with Gasteiger partial charge in [-0.05, 0) is 37.1 Å². The van der Waals surface area contributed by atoms with Crippen LogP contribution in [0.1, 0.15) is 27.4 Å². The summed E-state index contributed by atoms with van der Waals surface area (Å²) >= 11 is 0. The molecule has 0 aliphatic heterocycles. The first-order valence-corrected chi connectivity index (χ1v) is 10.0. The van der Waals surface area contributed by atoms with Gasteiger partial charge < -0.3 is 14.4 Å². The minimum Gasteiger partial charge on any atom is -0.506 e. The maximum absolute atomic E-state index is 13.2. The summed E-state index contributed by atoms with van der Waals surface area (Å²) in [5.41, 5.74) is 3.34. The molecular formula is C25H20N2O6. The molecule has 8 nitrogen and oxygen atoms in total. The van der Waals surface area contributed by atoms with E-state index in [2.05, 4.69) is 5.16 Å². The number of aryl methyl sites for hydroxylation is 2. The number of hydrogen-bond acceptors (Lipinski definition) is 7. The van der Waals surface area contributed by atoms with Gasteiger partial charge in [-0.25, -0.2) is 0 Å². The van der Waals surface area contributed by atoms with Crippen molar-refractivity contribution in [1.82, 2.24) is 5.16 Å².